The minimum atomic E-state index is -4.07. The van der Waals surface area contributed by atoms with Crippen LogP contribution in [0.5, 0.6) is 0 Å². The monoisotopic (exact) mass is 278 g/mol. The number of nitrogens with one attached hydrogen (secondary N) is 1. The second kappa shape index (κ2) is 6.44. The summed E-state index contributed by atoms with van der Waals surface area (Å²) in [7, 11) is 0. The summed E-state index contributed by atoms with van der Waals surface area (Å²) >= 11 is 0. The van der Waals surface area contributed by atoms with Crippen LogP contribution in [0.15, 0.2) is 0 Å². The van der Waals surface area contributed by atoms with Crippen LogP contribution in [0.4, 0.5) is 13.2 Å². The number of hydrogen-bond donors (Lipinski definition) is 1. The van der Waals surface area contributed by atoms with Gasteiger partial charge in [0.1, 0.15) is 0 Å². The Hall–Kier alpha value is -0.290. The van der Waals surface area contributed by atoms with Crippen LogP contribution in [-0.4, -0.2) is 42.8 Å². The lowest BCUT2D eigenvalue weighted by molar-refractivity contribution is -0.147. The predicted octanol–water partition coefficient (Wildman–Crippen LogP) is 3.18. The van der Waals surface area contributed by atoms with E-state index in [-0.39, 0.29) is 6.04 Å². The first-order chi connectivity index (χ1) is 8.94. The molecular weight excluding hydrogens is 253 g/mol. The number of rotatable bonds is 6. The van der Waals surface area contributed by atoms with Gasteiger partial charge in [0.15, 0.2) is 0 Å². The van der Waals surface area contributed by atoms with Gasteiger partial charge in [-0.2, -0.15) is 13.2 Å². The first-order valence-corrected chi connectivity index (χ1v) is 7.48. The summed E-state index contributed by atoms with van der Waals surface area (Å²) < 4.78 is 37.4. The van der Waals surface area contributed by atoms with Gasteiger partial charge in [0.05, 0.1) is 6.54 Å². The molecule has 0 radical (unpaired) electrons. The fraction of sp³-hybridized carbons (Fsp3) is 1.00. The largest absolute Gasteiger partial charge is 0.401 e. The molecule has 0 bridgehead atoms. The van der Waals surface area contributed by atoms with E-state index in [4.69, 9.17) is 0 Å². The lowest BCUT2D eigenvalue weighted by Gasteiger charge is -2.29. The molecule has 112 valence electrons. The molecular formula is C14H25F3N2. The second-order valence-corrected chi connectivity index (χ2v) is 6.23. The summed E-state index contributed by atoms with van der Waals surface area (Å²) in [5, 5.41) is 3.43. The van der Waals surface area contributed by atoms with Crippen molar-refractivity contribution in [1.29, 1.82) is 0 Å². The summed E-state index contributed by atoms with van der Waals surface area (Å²) in [6, 6.07) is 0.693. The van der Waals surface area contributed by atoms with Crippen LogP contribution in [-0.2, 0) is 0 Å². The van der Waals surface area contributed by atoms with Crippen LogP contribution >= 0.6 is 0 Å². The van der Waals surface area contributed by atoms with E-state index >= 15 is 0 Å². The molecule has 0 atom stereocenters. The van der Waals surface area contributed by atoms with Crippen LogP contribution in [0.3, 0.4) is 0 Å². The molecule has 19 heavy (non-hydrogen) atoms. The van der Waals surface area contributed by atoms with E-state index < -0.39 is 12.7 Å². The molecule has 5 heteroatoms. The molecule has 0 aromatic rings. The Kier molecular flexibility index (Phi) is 5.12. The highest BCUT2D eigenvalue weighted by molar-refractivity contribution is 4.86. The Bertz CT molecular complexity index is 268. The maximum absolute atomic E-state index is 12.5. The minimum absolute atomic E-state index is 0.176. The quantitative estimate of drug-likeness (QED) is 0.803. The van der Waals surface area contributed by atoms with Gasteiger partial charge in [0.25, 0.3) is 0 Å². The number of nitrogens with zero attached hydrogens (tertiary/aromatic N) is 1. The van der Waals surface area contributed by atoms with E-state index in [0.717, 1.165) is 18.8 Å². The third kappa shape index (κ3) is 5.69. The molecule has 1 N–H and O–H groups in total. The molecule has 2 rings (SSSR count). The zero-order valence-corrected chi connectivity index (χ0v) is 11.7. The standard InChI is InChI=1S/C14H25F3N2/c1-11-2-4-12(5-3-11)18-8-9-19(13-6-7-13)10-14(15,16)17/h11-13,18H,2-10H2,1H3. The zero-order valence-electron chi connectivity index (χ0n) is 11.7. The third-order valence-corrected chi connectivity index (χ3v) is 4.29. The van der Waals surface area contributed by atoms with Gasteiger partial charge >= 0.3 is 6.18 Å². The van der Waals surface area contributed by atoms with E-state index in [0.29, 0.717) is 19.1 Å². The van der Waals surface area contributed by atoms with Crippen LogP contribution in [0.1, 0.15) is 45.4 Å². The summed E-state index contributed by atoms with van der Waals surface area (Å²) in [6.07, 6.45) is 2.61. The van der Waals surface area contributed by atoms with Crippen LogP contribution in [0, 0.1) is 5.92 Å². The molecule has 0 aliphatic heterocycles. The SMILES string of the molecule is CC1CCC(NCCN(CC(F)(F)F)C2CC2)CC1. The van der Waals surface area contributed by atoms with Crippen LogP contribution in [0.25, 0.3) is 0 Å². The second-order valence-electron chi connectivity index (χ2n) is 6.23. The summed E-state index contributed by atoms with van der Waals surface area (Å²) in [5.74, 6) is 0.811. The van der Waals surface area contributed by atoms with E-state index in [1.165, 1.54) is 25.7 Å². The van der Waals surface area contributed by atoms with Gasteiger partial charge in [-0.3, -0.25) is 4.90 Å². The van der Waals surface area contributed by atoms with Crippen molar-refractivity contribution >= 4 is 0 Å². The molecule has 0 amide bonds. The average Bonchev–Trinajstić information content (AvgIpc) is 3.13. The summed E-state index contributed by atoms with van der Waals surface area (Å²) in [4.78, 5) is 1.60. The van der Waals surface area contributed by atoms with Gasteiger partial charge in [0.2, 0.25) is 0 Å². The van der Waals surface area contributed by atoms with Crippen molar-refractivity contribution in [3.8, 4) is 0 Å². The maximum Gasteiger partial charge on any atom is 0.401 e. The Morgan fingerprint density at radius 3 is 2.21 bits per heavy atom. The zero-order chi connectivity index (χ0) is 13.9. The highest BCUT2D eigenvalue weighted by Gasteiger charge is 2.37. The first kappa shape index (κ1) is 15.1. The predicted molar refractivity (Wildman–Crippen MR) is 70.1 cm³/mol. The molecule has 2 nitrogen and oxygen atoms in total. The Morgan fingerprint density at radius 2 is 1.68 bits per heavy atom. The lowest BCUT2D eigenvalue weighted by atomic mass is 9.87. The first-order valence-electron chi connectivity index (χ1n) is 7.48. The van der Waals surface area contributed by atoms with Gasteiger partial charge in [-0.05, 0) is 44.4 Å². The highest BCUT2D eigenvalue weighted by Crippen LogP contribution is 2.29. The van der Waals surface area contributed by atoms with Crippen molar-refractivity contribution in [3.05, 3.63) is 0 Å². The summed E-state index contributed by atoms with van der Waals surface area (Å²) in [5.41, 5.74) is 0. The normalized spacial score (nSPS) is 28.9. The molecule has 2 aliphatic rings. The van der Waals surface area contributed by atoms with E-state index in [1.807, 2.05) is 0 Å². The fourth-order valence-corrected chi connectivity index (χ4v) is 2.94. The Balaban J connectivity index is 1.65. The van der Waals surface area contributed by atoms with Crippen molar-refractivity contribution in [1.82, 2.24) is 10.2 Å². The number of halogens is 3. The van der Waals surface area contributed by atoms with Gasteiger partial charge in [-0.25, -0.2) is 0 Å². The molecule has 0 heterocycles. The molecule has 2 saturated carbocycles. The van der Waals surface area contributed by atoms with Crippen LogP contribution < -0.4 is 5.32 Å². The third-order valence-electron chi connectivity index (χ3n) is 4.29. The lowest BCUT2D eigenvalue weighted by Crippen LogP contribution is -2.42. The molecule has 2 fully saturated rings. The fourth-order valence-electron chi connectivity index (χ4n) is 2.94. The molecule has 0 aromatic heterocycles. The molecule has 0 unspecified atom stereocenters. The maximum atomic E-state index is 12.5. The van der Waals surface area contributed by atoms with E-state index in [2.05, 4.69) is 12.2 Å². The molecule has 0 spiro atoms. The Labute approximate surface area is 113 Å². The topological polar surface area (TPSA) is 15.3 Å². The molecule has 0 aromatic carbocycles. The van der Waals surface area contributed by atoms with Gasteiger partial charge < -0.3 is 5.32 Å². The van der Waals surface area contributed by atoms with Gasteiger partial charge in [0, 0.05) is 25.2 Å². The molecule has 2 aliphatic carbocycles. The number of alkyl halides is 3. The highest BCUT2D eigenvalue weighted by atomic mass is 19.4. The molecule has 0 saturated heterocycles. The van der Waals surface area contributed by atoms with Crippen molar-refractivity contribution in [3.63, 3.8) is 0 Å². The summed E-state index contributed by atoms with van der Waals surface area (Å²) in [6.45, 7) is 2.73. The van der Waals surface area contributed by atoms with Crippen molar-refractivity contribution in [2.24, 2.45) is 5.92 Å². The minimum Gasteiger partial charge on any atom is -0.313 e. The van der Waals surface area contributed by atoms with E-state index in [1.54, 1.807) is 4.90 Å². The number of hydrogen-bond acceptors (Lipinski definition) is 2. The Morgan fingerprint density at radius 1 is 1.05 bits per heavy atom. The average molecular weight is 278 g/mol. The van der Waals surface area contributed by atoms with Crippen LogP contribution in [0.2, 0.25) is 0 Å². The van der Waals surface area contributed by atoms with Crippen molar-refractivity contribution < 1.29 is 13.2 Å². The van der Waals surface area contributed by atoms with Gasteiger partial charge in [-0.1, -0.05) is 6.92 Å². The van der Waals surface area contributed by atoms with E-state index in [9.17, 15) is 13.2 Å². The smallest absolute Gasteiger partial charge is 0.313 e. The van der Waals surface area contributed by atoms with Crippen molar-refractivity contribution in [2.45, 2.75) is 63.7 Å². The van der Waals surface area contributed by atoms with Crippen molar-refractivity contribution in [2.75, 3.05) is 19.6 Å². The van der Waals surface area contributed by atoms with Gasteiger partial charge in [-0.15, -0.1) is 0 Å².